The van der Waals surface area contributed by atoms with Crippen LogP contribution in [0, 0.1) is 0 Å². The molecule has 0 unspecified atom stereocenters. The third-order valence-electron chi connectivity index (χ3n) is 4.17. The molecular weight excluding hydrogens is 466 g/mol. The second-order valence-electron chi connectivity index (χ2n) is 6.19. The molecule has 0 aliphatic heterocycles. The second-order valence-corrected chi connectivity index (χ2v) is 9.52. The van der Waals surface area contributed by atoms with Crippen molar-refractivity contribution in [3.63, 3.8) is 0 Å². The van der Waals surface area contributed by atoms with Gasteiger partial charge in [-0.25, -0.2) is 17.9 Å². The predicted molar refractivity (Wildman–Crippen MR) is 116 cm³/mol. The highest BCUT2D eigenvalue weighted by Gasteiger charge is 2.21. The molecular formula is C19H22ClN3O6S2. The van der Waals surface area contributed by atoms with Crippen molar-refractivity contribution >= 4 is 50.7 Å². The molecule has 12 heteroatoms. The van der Waals surface area contributed by atoms with E-state index in [1.165, 1.54) is 35.4 Å². The highest BCUT2D eigenvalue weighted by Crippen LogP contribution is 2.21. The fraction of sp³-hybridized carbons (Fsp3) is 0.316. The van der Waals surface area contributed by atoms with Gasteiger partial charge in [0.2, 0.25) is 15.9 Å². The van der Waals surface area contributed by atoms with Crippen LogP contribution in [-0.2, 0) is 30.9 Å². The van der Waals surface area contributed by atoms with Gasteiger partial charge in [0.05, 0.1) is 28.6 Å². The highest BCUT2D eigenvalue weighted by atomic mass is 35.5. The van der Waals surface area contributed by atoms with Crippen molar-refractivity contribution in [3.05, 3.63) is 51.2 Å². The van der Waals surface area contributed by atoms with Gasteiger partial charge in [-0.15, -0.1) is 11.3 Å². The zero-order chi connectivity index (χ0) is 23.0. The largest absolute Gasteiger partial charge is 0.452 e. The van der Waals surface area contributed by atoms with Crippen LogP contribution in [0.1, 0.15) is 22.2 Å². The molecule has 2 aromatic rings. The minimum Gasteiger partial charge on any atom is -0.452 e. The summed E-state index contributed by atoms with van der Waals surface area (Å²) in [6.07, 6.45) is 0. The molecule has 0 saturated heterocycles. The first-order valence-corrected chi connectivity index (χ1v) is 11.9. The molecule has 0 atom stereocenters. The van der Waals surface area contributed by atoms with Crippen molar-refractivity contribution in [2.75, 3.05) is 26.7 Å². The molecule has 1 aromatic heterocycles. The number of esters is 1. The SMILES string of the molecule is CCN(CC(=O)NCc1cccs1)C(=O)COC(=O)c1cc(S(=O)(=O)NC)ccc1Cl. The number of thiophene rings is 1. The summed E-state index contributed by atoms with van der Waals surface area (Å²) < 4.78 is 30.9. The molecule has 0 bridgehead atoms. The lowest BCUT2D eigenvalue weighted by atomic mass is 10.2. The number of likely N-dealkylation sites (N-methyl/N-ethyl adjacent to an activating group) is 1. The Morgan fingerprint density at radius 3 is 2.58 bits per heavy atom. The predicted octanol–water partition coefficient (Wildman–Crippen LogP) is 1.63. The molecule has 1 aromatic carbocycles. The van der Waals surface area contributed by atoms with Crippen molar-refractivity contribution in [2.45, 2.75) is 18.4 Å². The molecule has 0 aliphatic rings. The van der Waals surface area contributed by atoms with Gasteiger partial charge < -0.3 is 15.0 Å². The number of carbonyl (C=O) groups is 3. The van der Waals surface area contributed by atoms with Crippen LogP contribution in [0.3, 0.4) is 0 Å². The van der Waals surface area contributed by atoms with Crippen molar-refractivity contribution in [3.8, 4) is 0 Å². The van der Waals surface area contributed by atoms with Gasteiger partial charge >= 0.3 is 5.97 Å². The Balaban J connectivity index is 1.94. The van der Waals surface area contributed by atoms with E-state index in [0.717, 1.165) is 10.9 Å². The number of nitrogens with zero attached hydrogens (tertiary/aromatic N) is 1. The molecule has 2 amide bonds. The Bertz CT molecular complexity index is 1040. The number of sulfonamides is 1. The summed E-state index contributed by atoms with van der Waals surface area (Å²) in [4.78, 5) is 38.8. The van der Waals surface area contributed by atoms with Crippen LogP contribution >= 0.6 is 22.9 Å². The van der Waals surface area contributed by atoms with Crippen molar-refractivity contribution in [1.29, 1.82) is 0 Å². The molecule has 0 radical (unpaired) electrons. The van der Waals surface area contributed by atoms with Crippen LogP contribution in [0.15, 0.2) is 40.6 Å². The monoisotopic (exact) mass is 487 g/mol. The second kappa shape index (κ2) is 11.2. The van der Waals surface area contributed by atoms with Crippen LogP contribution in [0.2, 0.25) is 5.02 Å². The third kappa shape index (κ3) is 7.03. The van der Waals surface area contributed by atoms with Crippen molar-refractivity contribution < 1.29 is 27.5 Å². The molecule has 0 saturated carbocycles. The first-order valence-electron chi connectivity index (χ1n) is 9.15. The van der Waals surface area contributed by atoms with Crippen LogP contribution in [0.5, 0.6) is 0 Å². The zero-order valence-corrected chi connectivity index (χ0v) is 19.3. The van der Waals surface area contributed by atoms with Gasteiger partial charge in [-0.2, -0.15) is 0 Å². The minimum absolute atomic E-state index is 0.0206. The lowest BCUT2D eigenvalue weighted by Crippen LogP contribution is -2.42. The van der Waals surface area contributed by atoms with E-state index in [1.807, 2.05) is 17.5 Å². The number of halogens is 1. The number of ether oxygens (including phenoxy) is 1. The van der Waals surface area contributed by atoms with E-state index in [4.69, 9.17) is 16.3 Å². The van der Waals surface area contributed by atoms with Gasteiger partial charge in [0.15, 0.2) is 6.61 Å². The molecule has 168 valence electrons. The van der Waals surface area contributed by atoms with Gasteiger partial charge in [-0.3, -0.25) is 9.59 Å². The Hall–Kier alpha value is -2.47. The Morgan fingerprint density at radius 1 is 1.23 bits per heavy atom. The average Bonchev–Trinajstić information content (AvgIpc) is 3.28. The summed E-state index contributed by atoms with van der Waals surface area (Å²) in [5, 5.41) is 4.59. The van der Waals surface area contributed by atoms with E-state index in [1.54, 1.807) is 6.92 Å². The molecule has 9 nitrogen and oxygen atoms in total. The summed E-state index contributed by atoms with van der Waals surface area (Å²) in [6.45, 7) is 1.48. The number of nitrogens with one attached hydrogen (secondary N) is 2. The van der Waals surface area contributed by atoms with Gasteiger partial charge in [-0.05, 0) is 43.6 Å². The van der Waals surface area contributed by atoms with Crippen molar-refractivity contribution in [1.82, 2.24) is 14.9 Å². The molecule has 2 N–H and O–H groups in total. The smallest absolute Gasteiger partial charge is 0.340 e. The summed E-state index contributed by atoms with van der Waals surface area (Å²) in [5.41, 5.74) is -0.192. The maximum atomic E-state index is 12.4. The van der Waals surface area contributed by atoms with E-state index in [2.05, 4.69) is 10.0 Å². The maximum absolute atomic E-state index is 12.4. The number of benzene rings is 1. The molecule has 0 spiro atoms. The van der Waals surface area contributed by atoms with Crippen LogP contribution in [0.4, 0.5) is 0 Å². The minimum atomic E-state index is -3.79. The van der Waals surface area contributed by atoms with E-state index in [9.17, 15) is 22.8 Å². The zero-order valence-electron chi connectivity index (χ0n) is 16.9. The van der Waals surface area contributed by atoms with Crippen LogP contribution in [-0.4, -0.2) is 57.8 Å². The first kappa shape index (κ1) is 24.8. The first-order chi connectivity index (χ1) is 14.7. The molecule has 0 fully saturated rings. The number of hydrogen-bond donors (Lipinski definition) is 2. The van der Waals surface area contributed by atoms with Gasteiger partial charge in [0.25, 0.3) is 5.91 Å². The number of hydrogen-bond acceptors (Lipinski definition) is 7. The highest BCUT2D eigenvalue weighted by molar-refractivity contribution is 7.89. The summed E-state index contributed by atoms with van der Waals surface area (Å²) >= 11 is 7.48. The van der Waals surface area contributed by atoms with E-state index in [-0.39, 0.29) is 34.5 Å². The normalized spacial score (nSPS) is 11.1. The maximum Gasteiger partial charge on any atom is 0.340 e. The van der Waals surface area contributed by atoms with E-state index < -0.39 is 28.5 Å². The average molecular weight is 488 g/mol. The molecule has 1 heterocycles. The lowest BCUT2D eigenvalue weighted by molar-refractivity contribution is -0.138. The van der Waals surface area contributed by atoms with E-state index in [0.29, 0.717) is 6.54 Å². The van der Waals surface area contributed by atoms with Gasteiger partial charge in [0.1, 0.15) is 0 Å². The van der Waals surface area contributed by atoms with Crippen LogP contribution in [0.25, 0.3) is 0 Å². The van der Waals surface area contributed by atoms with Crippen LogP contribution < -0.4 is 10.0 Å². The fourth-order valence-electron chi connectivity index (χ4n) is 2.45. The van der Waals surface area contributed by atoms with Crippen molar-refractivity contribution in [2.24, 2.45) is 0 Å². The lowest BCUT2D eigenvalue weighted by Gasteiger charge is -2.20. The Labute approximate surface area is 189 Å². The summed E-state index contributed by atoms with van der Waals surface area (Å²) in [6, 6.07) is 7.31. The summed E-state index contributed by atoms with van der Waals surface area (Å²) in [7, 11) is -2.56. The standard InChI is InChI=1S/C19H22ClN3O6S2/c1-3-23(11-17(24)22-10-13-5-4-8-30-13)18(25)12-29-19(26)15-9-14(6-7-16(15)20)31(27,28)21-2/h4-9,21H,3,10-12H2,1-2H3,(H,22,24). The summed E-state index contributed by atoms with van der Waals surface area (Å²) in [5.74, 6) is -1.87. The molecule has 2 rings (SSSR count). The van der Waals surface area contributed by atoms with E-state index >= 15 is 0 Å². The topological polar surface area (TPSA) is 122 Å². The van der Waals surface area contributed by atoms with Gasteiger partial charge in [0, 0.05) is 11.4 Å². The third-order valence-corrected chi connectivity index (χ3v) is 6.79. The Kier molecular flexibility index (Phi) is 8.99. The Morgan fingerprint density at radius 2 is 1.97 bits per heavy atom. The van der Waals surface area contributed by atoms with Gasteiger partial charge in [-0.1, -0.05) is 17.7 Å². The number of amides is 2. The fourth-order valence-corrected chi connectivity index (χ4v) is 4.04. The number of carbonyl (C=O) groups excluding carboxylic acids is 3. The quantitative estimate of drug-likeness (QED) is 0.491. The molecule has 0 aliphatic carbocycles. The molecule has 31 heavy (non-hydrogen) atoms. The number of rotatable bonds is 10.